The van der Waals surface area contributed by atoms with E-state index >= 15 is 0 Å². The third kappa shape index (κ3) is 3.86. The number of halogens is 1. The van der Waals surface area contributed by atoms with Crippen LogP contribution in [0, 0.1) is 19.7 Å². The highest BCUT2D eigenvalue weighted by Gasteiger charge is 2.17. The van der Waals surface area contributed by atoms with E-state index in [2.05, 4.69) is 5.32 Å². The van der Waals surface area contributed by atoms with Crippen LogP contribution in [0.15, 0.2) is 48.5 Å². The van der Waals surface area contributed by atoms with Crippen LogP contribution in [0.5, 0.6) is 11.5 Å². The molecule has 3 aromatic rings. The Morgan fingerprint density at radius 3 is 2.39 bits per heavy atom. The van der Waals surface area contributed by atoms with E-state index in [0.717, 1.165) is 17.1 Å². The van der Waals surface area contributed by atoms with Gasteiger partial charge in [-0.3, -0.25) is 4.79 Å². The molecule has 0 unspecified atom stereocenters. The number of carbonyl (C=O) groups is 1. The van der Waals surface area contributed by atoms with Crippen molar-refractivity contribution >= 4 is 11.5 Å². The summed E-state index contributed by atoms with van der Waals surface area (Å²) in [5.74, 6) is 0.944. The van der Waals surface area contributed by atoms with Crippen molar-refractivity contribution in [2.24, 2.45) is 0 Å². The number of hydrogen-bond donors (Lipinski definition) is 1. The molecule has 5 nitrogen and oxygen atoms in total. The monoisotopic (exact) mass is 382 g/mol. The van der Waals surface area contributed by atoms with Crippen LogP contribution in [0.1, 0.15) is 21.7 Å². The summed E-state index contributed by atoms with van der Waals surface area (Å²) in [5, 5.41) is 3.13. The minimum absolute atomic E-state index is 0.0423. The highest BCUT2D eigenvalue weighted by atomic mass is 19.1. The molecule has 0 radical (unpaired) electrons. The molecule has 6 heteroatoms. The van der Waals surface area contributed by atoms with Crippen molar-refractivity contribution in [1.29, 1.82) is 0 Å². The van der Waals surface area contributed by atoms with Crippen molar-refractivity contribution < 1.29 is 18.7 Å². The molecule has 0 aliphatic heterocycles. The zero-order valence-corrected chi connectivity index (χ0v) is 16.4. The summed E-state index contributed by atoms with van der Waals surface area (Å²) >= 11 is 0. The maximum Gasteiger partial charge on any atom is 0.183 e. The van der Waals surface area contributed by atoms with E-state index in [0.29, 0.717) is 22.7 Å². The highest BCUT2D eigenvalue weighted by Crippen LogP contribution is 2.29. The van der Waals surface area contributed by atoms with Crippen molar-refractivity contribution in [2.45, 2.75) is 13.8 Å². The van der Waals surface area contributed by atoms with Crippen molar-refractivity contribution in [3.63, 3.8) is 0 Å². The van der Waals surface area contributed by atoms with Crippen molar-refractivity contribution in [2.75, 3.05) is 26.1 Å². The number of rotatable bonds is 7. The quantitative estimate of drug-likeness (QED) is 0.610. The summed E-state index contributed by atoms with van der Waals surface area (Å²) in [6, 6.07) is 13.4. The predicted molar refractivity (Wildman–Crippen MR) is 108 cm³/mol. The topological polar surface area (TPSA) is 52.5 Å². The standard InChI is InChI=1S/C22H23FN2O3/c1-14-11-19(15(2)25(14)17-7-5-16(23)6-8-17)21(26)13-24-20-10-9-18(27-3)12-22(20)28-4/h5-12,24H,13H2,1-4H3. The van der Waals surface area contributed by atoms with E-state index in [1.54, 1.807) is 38.5 Å². The Hall–Kier alpha value is -3.28. The SMILES string of the molecule is COc1ccc(NCC(=O)c2cc(C)n(-c3ccc(F)cc3)c2C)c(OC)c1. The maximum absolute atomic E-state index is 13.2. The Kier molecular flexibility index (Phi) is 5.68. The molecule has 0 atom stereocenters. The second-order valence-electron chi connectivity index (χ2n) is 6.44. The molecule has 2 aromatic carbocycles. The lowest BCUT2D eigenvalue weighted by atomic mass is 10.1. The summed E-state index contributed by atoms with van der Waals surface area (Å²) in [4.78, 5) is 12.8. The number of aryl methyl sites for hydroxylation is 1. The molecule has 3 rings (SSSR count). The first kappa shape index (κ1) is 19.5. The third-order valence-corrected chi connectivity index (χ3v) is 4.66. The van der Waals surface area contributed by atoms with Gasteiger partial charge in [0.2, 0.25) is 0 Å². The van der Waals surface area contributed by atoms with Crippen LogP contribution in [0.4, 0.5) is 10.1 Å². The number of anilines is 1. The van der Waals surface area contributed by atoms with Gasteiger partial charge in [0.25, 0.3) is 0 Å². The molecule has 0 saturated carbocycles. The van der Waals surface area contributed by atoms with Gasteiger partial charge < -0.3 is 19.4 Å². The van der Waals surface area contributed by atoms with Gasteiger partial charge in [-0.2, -0.15) is 0 Å². The molecule has 0 amide bonds. The second kappa shape index (κ2) is 8.17. The van der Waals surface area contributed by atoms with E-state index < -0.39 is 0 Å². The zero-order chi connectivity index (χ0) is 20.3. The molecule has 0 aliphatic rings. The number of carbonyl (C=O) groups excluding carboxylic acids is 1. The van der Waals surface area contributed by atoms with Crippen LogP contribution in [0.3, 0.4) is 0 Å². The summed E-state index contributed by atoms with van der Waals surface area (Å²) in [6.07, 6.45) is 0. The van der Waals surface area contributed by atoms with Crippen LogP contribution in [-0.4, -0.2) is 31.1 Å². The minimum Gasteiger partial charge on any atom is -0.497 e. The molecule has 28 heavy (non-hydrogen) atoms. The zero-order valence-electron chi connectivity index (χ0n) is 16.4. The number of benzene rings is 2. The number of ether oxygens (including phenoxy) is 2. The lowest BCUT2D eigenvalue weighted by molar-refractivity contribution is 0.101. The average molecular weight is 382 g/mol. The summed E-state index contributed by atoms with van der Waals surface area (Å²) in [5.41, 5.74) is 3.89. The molecule has 1 N–H and O–H groups in total. The van der Waals surface area contributed by atoms with Gasteiger partial charge in [0.1, 0.15) is 17.3 Å². The number of hydrogen-bond acceptors (Lipinski definition) is 4. The molecule has 0 fully saturated rings. The van der Waals surface area contributed by atoms with E-state index in [9.17, 15) is 9.18 Å². The number of aromatic nitrogens is 1. The van der Waals surface area contributed by atoms with Gasteiger partial charge in [-0.05, 0) is 56.3 Å². The van der Waals surface area contributed by atoms with Crippen molar-refractivity contribution in [1.82, 2.24) is 4.57 Å². The Labute approximate surface area is 163 Å². The van der Waals surface area contributed by atoms with Crippen LogP contribution < -0.4 is 14.8 Å². The molecular weight excluding hydrogens is 359 g/mol. The Bertz CT molecular complexity index is 994. The van der Waals surface area contributed by atoms with E-state index in [1.165, 1.54) is 12.1 Å². The fraction of sp³-hybridized carbons (Fsp3) is 0.227. The van der Waals surface area contributed by atoms with Crippen LogP contribution in [-0.2, 0) is 0 Å². The highest BCUT2D eigenvalue weighted by molar-refractivity contribution is 6.00. The molecule has 1 heterocycles. The van der Waals surface area contributed by atoms with Gasteiger partial charge >= 0.3 is 0 Å². The van der Waals surface area contributed by atoms with Crippen molar-refractivity contribution in [3.05, 3.63) is 71.3 Å². The first-order chi connectivity index (χ1) is 13.4. The Morgan fingerprint density at radius 2 is 1.75 bits per heavy atom. The number of Topliss-reactive ketones (excluding diaryl/α,β-unsaturated/α-hetero) is 1. The van der Waals surface area contributed by atoms with E-state index in [4.69, 9.17) is 9.47 Å². The van der Waals surface area contributed by atoms with Crippen molar-refractivity contribution in [3.8, 4) is 17.2 Å². The first-order valence-corrected chi connectivity index (χ1v) is 8.88. The van der Waals surface area contributed by atoms with Crippen LogP contribution >= 0.6 is 0 Å². The summed E-state index contributed by atoms with van der Waals surface area (Å²) in [6.45, 7) is 3.93. The number of nitrogens with zero attached hydrogens (tertiary/aromatic N) is 1. The smallest absolute Gasteiger partial charge is 0.183 e. The number of methoxy groups -OCH3 is 2. The maximum atomic E-state index is 13.2. The molecule has 1 aromatic heterocycles. The largest absolute Gasteiger partial charge is 0.497 e. The van der Waals surface area contributed by atoms with E-state index in [1.807, 2.05) is 30.5 Å². The molecule has 0 bridgehead atoms. The Morgan fingerprint density at radius 1 is 1.04 bits per heavy atom. The minimum atomic E-state index is -0.292. The number of ketones is 1. The predicted octanol–water partition coefficient (Wildman–Crippen LogP) is 4.55. The second-order valence-corrected chi connectivity index (χ2v) is 6.44. The number of nitrogens with one attached hydrogen (secondary N) is 1. The van der Waals surface area contributed by atoms with Gasteiger partial charge in [0.15, 0.2) is 5.78 Å². The average Bonchev–Trinajstić information content (AvgIpc) is 3.01. The summed E-state index contributed by atoms with van der Waals surface area (Å²) < 4.78 is 25.7. The summed E-state index contributed by atoms with van der Waals surface area (Å²) in [7, 11) is 3.15. The van der Waals surface area contributed by atoms with Crippen LogP contribution in [0.2, 0.25) is 0 Å². The molecule has 146 valence electrons. The van der Waals surface area contributed by atoms with E-state index in [-0.39, 0.29) is 18.1 Å². The normalized spacial score (nSPS) is 10.6. The van der Waals surface area contributed by atoms with Crippen LogP contribution in [0.25, 0.3) is 5.69 Å². The lowest BCUT2D eigenvalue weighted by Crippen LogP contribution is -2.15. The third-order valence-electron chi connectivity index (χ3n) is 4.66. The van der Waals surface area contributed by atoms with Gasteiger partial charge in [-0.15, -0.1) is 0 Å². The van der Waals surface area contributed by atoms with Gasteiger partial charge in [0.05, 0.1) is 26.5 Å². The molecule has 0 spiro atoms. The molecule has 0 saturated heterocycles. The lowest BCUT2D eigenvalue weighted by Gasteiger charge is -2.12. The van der Waals surface area contributed by atoms with Gasteiger partial charge in [-0.25, -0.2) is 4.39 Å². The first-order valence-electron chi connectivity index (χ1n) is 8.88. The Balaban J connectivity index is 1.80. The molecule has 0 aliphatic carbocycles. The van der Waals surface area contributed by atoms with Gasteiger partial charge in [0, 0.05) is 28.7 Å². The van der Waals surface area contributed by atoms with Gasteiger partial charge in [-0.1, -0.05) is 0 Å². The molecular formula is C22H23FN2O3. The fourth-order valence-corrected chi connectivity index (χ4v) is 3.25. The fourth-order valence-electron chi connectivity index (χ4n) is 3.25.